The second-order valence-corrected chi connectivity index (χ2v) is 8.95. The van der Waals surface area contributed by atoms with Crippen molar-refractivity contribution in [1.82, 2.24) is 10.3 Å². The van der Waals surface area contributed by atoms with Crippen LogP contribution in [0.5, 0.6) is 0 Å². The van der Waals surface area contributed by atoms with Gasteiger partial charge in [-0.05, 0) is 24.3 Å². The van der Waals surface area contributed by atoms with E-state index >= 15 is 0 Å². The van der Waals surface area contributed by atoms with Crippen LogP contribution in [-0.4, -0.2) is 46.6 Å². The zero-order valence-electron chi connectivity index (χ0n) is 15.4. The normalized spacial score (nSPS) is 15.0. The molecule has 2 N–H and O–H groups in total. The summed E-state index contributed by atoms with van der Waals surface area (Å²) in [6.45, 7) is 3.48. The summed E-state index contributed by atoms with van der Waals surface area (Å²) in [6, 6.07) is 12.0. The maximum atomic E-state index is 13.5. The van der Waals surface area contributed by atoms with Crippen LogP contribution in [0, 0.1) is 0 Å². The first-order valence-electron chi connectivity index (χ1n) is 9.08. The lowest BCUT2D eigenvalue weighted by Gasteiger charge is -2.30. The van der Waals surface area contributed by atoms with Crippen LogP contribution < -0.4 is 15.5 Å². The maximum absolute atomic E-state index is 13.5. The topological polar surface area (TPSA) is 74.3 Å². The number of hydrogen-bond donors (Lipinski definition) is 2. The maximum Gasteiger partial charge on any atom is 0.209 e. The summed E-state index contributed by atoms with van der Waals surface area (Å²) < 4.78 is 27.0. The number of halogens is 1. The highest BCUT2D eigenvalue weighted by atomic mass is 35.5. The number of nitrogens with zero attached hydrogens (tertiary/aromatic N) is 2. The molecule has 1 aromatic heterocycles. The molecule has 0 amide bonds. The summed E-state index contributed by atoms with van der Waals surface area (Å²) in [7, 11) is -2.10. The molecule has 0 saturated carbocycles. The summed E-state index contributed by atoms with van der Waals surface area (Å²) in [5, 5.41) is 7.29. The average Bonchev–Trinajstić information content (AvgIpc) is 2.73. The van der Waals surface area contributed by atoms with Gasteiger partial charge in [-0.2, -0.15) is 0 Å². The van der Waals surface area contributed by atoms with Crippen LogP contribution in [0.25, 0.3) is 10.9 Å². The van der Waals surface area contributed by atoms with Crippen LogP contribution in [0.4, 0.5) is 11.4 Å². The molecule has 0 unspecified atom stereocenters. The number of aromatic nitrogens is 1. The lowest BCUT2D eigenvalue weighted by Crippen LogP contribution is -2.43. The Morgan fingerprint density at radius 2 is 1.89 bits per heavy atom. The van der Waals surface area contributed by atoms with Crippen molar-refractivity contribution in [2.24, 2.45) is 0 Å². The number of para-hydroxylation sites is 1. The van der Waals surface area contributed by atoms with E-state index in [2.05, 4.69) is 20.5 Å². The fourth-order valence-electron chi connectivity index (χ4n) is 3.56. The predicted octanol–water partition coefficient (Wildman–Crippen LogP) is 3.17. The number of piperazine rings is 1. The van der Waals surface area contributed by atoms with E-state index in [-0.39, 0.29) is 9.79 Å². The number of hydrogen-bond acceptors (Lipinski definition) is 6. The fraction of sp³-hybridized carbons (Fsp3) is 0.250. The van der Waals surface area contributed by atoms with E-state index in [9.17, 15) is 8.42 Å². The van der Waals surface area contributed by atoms with Crippen LogP contribution in [0.2, 0.25) is 5.02 Å². The summed E-state index contributed by atoms with van der Waals surface area (Å²) in [5.74, 6) is 0. The molecule has 146 valence electrons. The summed E-state index contributed by atoms with van der Waals surface area (Å²) >= 11 is 6.05. The Morgan fingerprint density at radius 3 is 2.61 bits per heavy atom. The molecule has 1 saturated heterocycles. The quantitative estimate of drug-likeness (QED) is 0.680. The molecule has 0 bridgehead atoms. The first-order valence-corrected chi connectivity index (χ1v) is 10.9. The molecule has 0 aliphatic carbocycles. The second kappa shape index (κ2) is 7.58. The summed E-state index contributed by atoms with van der Waals surface area (Å²) in [4.78, 5) is 7.22. The molecule has 1 fully saturated rings. The minimum absolute atomic E-state index is 0.163. The van der Waals surface area contributed by atoms with E-state index in [0.29, 0.717) is 21.6 Å². The fourth-order valence-corrected chi connectivity index (χ4v) is 5.49. The molecule has 28 heavy (non-hydrogen) atoms. The lowest BCUT2D eigenvalue weighted by atomic mass is 10.1. The van der Waals surface area contributed by atoms with Crippen molar-refractivity contribution in [3.63, 3.8) is 0 Å². The SMILES string of the molecule is CNc1cnc2c(N3CCNCC3)cccc2c1S(=O)(=O)c1cccc(Cl)c1. The third-order valence-corrected chi connectivity index (χ3v) is 7.02. The van der Waals surface area contributed by atoms with Crippen molar-refractivity contribution in [3.05, 3.63) is 53.7 Å². The molecule has 4 rings (SSSR count). The van der Waals surface area contributed by atoms with Gasteiger partial charge >= 0.3 is 0 Å². The third-order valence-electron chi connectivity index (χ3n) is 4.93. The number of benzene rings is 2. The minimum atomic E-state index is -3.80. The van der Waals surface area contributed by atoms with Crippen LogP contribution in [-0.2, 0) is 9.84 Å². The highest BCUT2D eigenvalue weighted by Crippen LogP contribution is 2.37. The molecule has 6 nitrogen and oxygen atoms in total. The van der Waals surface area contributed by atoms with E-state index < -0.39 is 9.84 Å². The monoisotopic (exact) mass is 416 g/mol. The van der Waals surface area contributed by atoms with Crippen LogP contribution in [0.1, 0.15) is 0 Å². The standard InChI is InChI=1S/C20H21ClN4O2S/c1-22-17-13-24-19-16(6-3-7-18(19)25-10-8-23-9-11-25)20(17)28(26,27)15-5-2-4-14(21)12-15/h2-7,12-13,22-23H,8-11H2,1H3. The van der Waals surface area contributed by atoms with Crippen molar-refractivity contribution in [2.75, 3.05) is 43.4 Å². The van der Waals surface area contributed by atoms with Crippen LogP contribution in [0.15, 0.2) is 58.5 Å². The van der Waals surface area contributed by atoms with E-state index in [0.717, 1.165) is 31.9 Å². The molecule has 0 radical (unpaired) electrons. The van der Waals surface area contributed by atoms with E-state index in [1.807, 2.05) is 18.2 Å². The summed E-state index contributed by atoms with van der Waals surface area (Å²) in [5.41, 5.74) is 2.10. The molecular formula is C20H21ClN4O2S. The predicted molar refractivity (Wildman–Crippen MR) is 113 cm³/mol. The van der Waals surface area contributed by atoms with Gasteiger partial charge in [-0.1, -0.05) is 29.8 Å². The van der Waals surface area contributed by atoms with Gasteiger partial charge in [0.2, 0.25) is 9.84 Å². The van der Waals surface area contributed by atoms with E-state index in [1.54, 1.807) is 31.4 Å². The smallest absolute Gasteiger partial charge is 0.209 e. The Hall–Kier alpha value is -2.35. The van der Waals surface area contributed by atoms with Gasteiger partial charge in [0.25, 0.3) is 0 Å². The van der Waals surface area contributed by atoms with Crippen molar-refractivity contribution in [2.45, 2.75) is 9.79 Å². The van der Waals surface area contributed by atoms with Crippen molar-refractivity contribution < 1.29 is 8.42 Å². The van der Waals surface area contributed by atoms with Gasteiger partial charge in [-0.25, -0.2) is 8.42 Å². The number of sulfone groups is 1. The first kappa shape index (κ1) is 19.0. The Kier molecular flexibility index (Phi) is 5.14. The molecule has 8 heteroatoms. The number of nitrogens with one attached hydrogen (secondary N) is 2. The van der Waals surface area contributed by atoms with Gasteiger partial charge in [0, 0.05) is 43.6 Å². The molecular weight excluding hydrogens is 396 g/mol. The lowest BCUT2D eigenvalue weighted by molar-refractivity contribution is 0.590. The zero-order chi connectivity index (χ0) is 19.7. The molecule has 1 aliphatic heterocycles. The van der Waals surface area contributed by atoms with Crippen molar-refractivity contribution in [1.29, 1.82) is 0 Å². The van der Waals surface area contributed by atoms with Gasteiger partial charge in [0.1, 0.15) is 4.90 Å². The van der Waals surface area contributed by atoms with E-state index in [1.165, 1.54) is 6.07 Å². The van der Waals surface area contributed by atoms with Gasteiger partial charge in [-0.15, -0.1) is 0 Å². The summed E-state index contributed by atoms with van der Waals surface area (Å²) in [6.07, 6.45) is 1.59. The molecule has 0 atom stereocenters. The number of fused-ring (bicyclic) bond motifs is 1. The van der Waals surface area contributed by atoms with Crippen LogP contribution in [0.3, 0.4) is 0 Å². The largest absolute Gasteiger partial charge is 0.386 e. The Bertz CT molecular complexity index is 1130. The highest BCUT2D eigenvalue weighted by Gasteiger charge is 2.26. The average molecular weight is 417 g/mol. The Labute approximate surface area is 169 Å². The number of rotatable bonds is 4. The van der Waals surface area contributed by atoms with Crippen molar-refractivity contribution in [3.8, 4) is 0 Å². The van der Waals surface area contributed by atoms with Gasteiger partial charge in [0.05, 0.1) is 28.0 Å². The second-order valence-electron chi connectivity index (χ2n) is 6.62. The van der Waals surface area contributed by atoms with Crippen LogP contribution >= 0.6 is 11.6 Å². The van der Waals surface area contributed by atoms with Gasteiger partial charge in [-0.3, -0.25) is 4.98 Å². The Morgan fingerprint density at radius 1 is 1.14 bits per heavy atom. The van der Waals surface area contributed by atoms with E-state index in [4.69, 9.17) is 11.6 Å². The highest BCUT2D eigenvalue weighted by molar-refractivity contribution is 7.92. The molecule has 0 spiro atoms. The minimum Gasteiger partial charge on any atom is -0.386 e. The van der Waals surface area contributed by atoms with Crippen molar-refractivity contribution >= 4 is 43.7 Å². The van der Waals surface area contributed by atoms with Gasteiger partial charge in [0.15, 0.2) is 0 Å². The zero-order valence-corrected chi connectivity index (χ0v) is 17.0. The number of pyridine rings is 1. The first-order chi connectivity index (χ1) is 13.5. The third kappa shape index (κ3) is 3.30. The Balaban J connectivity index is 1.97. The molecule has 3 aromatic rings. The van der Waals surface area contributed by atoms with Gasteiger partial charge < -0.3 is 15.5 Å². The molecule has 1 aliphatic rings. The number of anilines is 2. The molecule has 2 aromatic carbocycles. The molecule has 2 heterocycles.